The third-order valence-electron chi connectivity index (χ3n) is 6.85. The number of aromatic nitrogens is 1. The summed E-state index contributed by atoms with van der Waals surface area (Å²) in [7, 11) is 5.78. The Hall–Kier alpha value is -3.73. The number of aliphatic hydroxyl groups excluding tert-OH is 1. The smallest absolute Gasteiger partial charge is 0.128 e. The van der Waals surface area contributed by atoms with Gasteiger partial charge in [0.05, 0.1) is 30.0 Å². The molecule has 5 rings (SSSR count). The molecule has 1 N–H and O–H groups in total. The zero-order valence-corrected chi connectivity index (χ0v) is 21.1. The zero-order valence-electron chi connectivity index (χ0n) is 21.1. The molecule has 1 heterocycles. The summed E-state index contributed by atoms with van der Waals surface area (Å²) in [6, 6.07) is 33.1. The maximum Gasteiger partial charge on any atom is 0.128 e. The van der Waals surface area contributed by atoms with Crippen LogP contribution in [0.3, 0.4) is 0 Å². The number of hydrogen-bond donors (Lipinski definition) is 1. The number of rotatable bonds is 8. The van der Waals surface area contributed by atoms with E-state index in [1.807, 2.05) is 68.7 Å². The number of para-hydroxylation sites is 1. The Balaban J connectivity index is 1.83. The number of methoxy groups -OCH3 is 1. The van der Waals surface area contributed by atoms with E-state index in [4.69, 9.17) is 9.72 Å². The first-order chi connectivity index (χ1) is 17.6. The van der Waals surface area contributed by atoms with Gasteiger partial charge in [-0.25, -0.2) is 4.98 Å². The molecule has 0 aliphatic heterocycles. The summed E-state index contributed by atoms with van der Waals surface area (Å²) in [6.07, 6.45) is 0.0587. The lowest BCUT2D eigenvalue weighted by molar-refractivity contribution is 0.135. The summed E-state index contributed by atoms with van der Waals surface area (Å²) < 4.78 is 5.89. The average Bonchev–Trinajstić information content (AvgIpc) is 2.91. The molecule has 4 aromatic carbocycles. The third kappa shape index (κ3) is 4.70. The van der Waals surface area contributed by atoms with Crippen LogP contribution in [0.15, 0.2) is 97.1 Å². The second kappa shape index (κ2) is 10.5. The van der Waals surface area contributed by atoms with Crippen molar-refractivity contribution < 1.29 is 9.84 Å². The van der Waals surface area contributed by atoms with Crippen LogP contribution in [0.2, 0.25) is 0 Å². The number of hydrogen-bond acceptors (Lipinski definition) is 4. The minimum absolute atomic E-state index is 0.248. The first kappa shape index (κ1) is 24.0. The van der Waals surface area contributed by atoms with Gasteiger partial charge < -0.3 is 14.7 Å². The summed E-state index contributed by atoms with van der Waals surface area (Å²) in [6.45, 7) is 0.790. The molecule has 2 unspecified atom stereocenters. The molecule has 0 spiro atoms. The third-order valence-corrected chi connectivity index (χ3v) is 6.85. The molecule has 0 saturated heterocycles. The summed E-state index contributed by atoms with van der Waals surface area (Å²) in [5, 5.41) is 14.9. The van der Waals surface area contributed by atoms with E-state index in [-0.39, 0.29) is 5.92 Å². The van der Waals surface area contributed by atoms with Crippen molar-refractivity contribution in [3.05, 3.63) is 108 Å². The van der Waals surface area contributed by atoms with E-state index in [0.717, 1.165) is 56.4 Å². The molecule has 0 amide bonds. The van der Waals surface area contributed by atoms with Crippen LogP contribution >= 0.6 is 0 Å². The van der Waals surface area contributed by atoms with Crippen LogP contribution in [0.5, 0.6) is 5.75 Å². The fourth-order valence-electron chi connectivity index (χ4n) is 5.06. The van der Waals surface area contributed by atoms with E-state index in [0.29, 0.717) is 6.42 Å². The Morgan fingerprint density at radius 1 is 0.833 bits per heavy atom. The largest absolute Gasteiger partial charge is 0.496 e. The first-order valence-corrected chi connectivity index (χ1v) is 12.4. The van der Waals surface area contributed by atoms with Crippen molar-refractivity contribution in [1.29, 1.82) is 0 Å². The molecule has 5 aromatic rings. The lowest BCUT2D eigenvalue weighted by atomic mass is 9.82. The van der Waals surface area contributed by atoms with Gasteiger partial charge in [0.25, 0.3) is 0 Å². The van der Waals surface area contributed by atoms with Gasteiger partial charge >= 0.3 is 0 Å². The van der Waals surface area contributed by atoms with Crippen molar-refractivity contribution >= 4 is 21.7 Å². The lowest BCUT2D eigenvalue weighted by Gasteiger charge is -2.28. The van der Waals surface area contributed by atoms with Gasteiger partial charge in [-0.2, -0.15) is 0 Å². The van der Waals surface area contributed by atoms with Crippen molar-refractivity contribution in [2.45, 2.75) is 18.4 Å². The summed E-state index contributed by atoms with van der Waals surface area (Å²) >= 11 is 0. The van der Waals surface area contributed by atoms with Crippen molar-refractivity contribution in [1.82, 2.24) is 9.88 Å². The minimum Gasteiger partial charge on any atom is -0.496 e. The number of fused-ring (bicyclic) bond motifs is 2. The Morgan fingerprint density at radius 2 is 1.53 bits per heavy atom. The Bertz CT molecular complexity index is 1480. The van der Waals surface area contributed by atoms with Gasteiger partial charge in [0.15, 0.2) is 0 Å². The maximum atomic E-state index is 11.7. The molecule has 0 aliphatic carbocycles. The van der Waals surface area contributed by atoms with Crippen LogP contribution < -0.4 is 4.74 Å². The summed E-state index contributed by atoms with van der Waals surface area (Å²) in [4.78, 5) is 7.34. The van der Waals surface area contributed by atoms with Crippen LogP contribution in [-0.2, 0) is 0 Å². The number of ether oxygens (including phenoxy) is 1. The maximum absolute atomic E-state index is 11.7. The topological polar surface area (TPSA) is 45.6 Å². The van der Waals surface area contributed by atoms with Crippen molar-refractivity contribution in [2.24, 2.45) is 0 Å². The molecule has 4 heteroatoms. The Kier molecular flexibility index (Phi) is 6.99. The SMILES string of the molecule is COc1ccc2ccccc2c1-c1nc2ccccc2cc1C(c1ccccc1)C(O)CCN(C)C. The van der Waals surface area contributed by atoms with E-state index in [1.165, 1.54) is 0 Å². The molecule has 0 fully saturated rings. The quantitative estimate of drug-likeness (QED) is 0.277. The number of aliphatic hydroxyl groups is 1. The van der Waals surface area contributed by atoms with Gasteiger partial charge in [0.1, 0.15) is 5.75 Å². The Morgan fingerprint density at radius 3 is 2.28 bits per heavy atom. The fraction of sp³-hybridized carbons (Fsp3) is 0.219. The normalized spacial score (nSPS) is 13.2. The van der Waals surface area contributed by atoms with E-state index in [2.05, 4.69) is 47.4 Å². The van der Waals surface area contributed by atoms with Crippen molar-refractivity contribution in [3.8, 4) is 17.0 Å². The highest BCUT2D eigenvalue weighted by Crippen LogP contribution is 2.43. The fourth-order valence-corrected chi connectivity index (χ4v) is 5.06. The molecule has 0 saturated carbocycles. The molecule has 4 nitrogen and oxygen atoms in total. The standard InChI is InChI=1S/C32H32N2O2/c1-34(2)20-19-28(35)30(23-12-5-4-6-13-23)26-21-24-14-8-10-16-27(24)33-32(26)31-25-15-9-7-11-22(25)17-18-29(31)36-3/h4-18,21,28,30,35H,19-20H2,1-3H3. The second-order valence-electron chi connectivity index (χ2n) is 9.53. The molecule has 1 aromatic heterocycles. The molecule has 182 valence electrons. The number of benzene rings is 4. The van der Waals surface area contributed by atoms with E-state index < -0.39 is 6.10 Å². The van der Waals surface area contributed by atoms with Crippen LogP contribution in [0.1, 0.15) is 23.5 Å². The lowest BCUT2D eigenvalue weighted by Crippen LogP contribution is -2.26. The summed E-state index contributed by atoms with van der Waals surface area (Å²) in [5.74, 6) is 0.522. The van der Waals surface area contributed by atoms with E-state index >= 15 is 0 Å². The highest BCUT2D eigenvalue weighted by molar-refractivity contribution is 6.01. The van der Waals surface area contributed by atoms with Gasteiger partial charge in [-0.15, -0.1) is 0 Å². The van der Waals surface area contributed by atoms with Crippen molar-refractivity contribution in [3.63, 3.8) is 0 Å². The molecule has 0 radical (unpaired) electrons. The predicted molar refractivity (Wildman–Crippen MR) is 149 cm³/mol. The average molecular weight is 477 g/mol. The van der Waals surface area contributed by atoms with Gasteiger partial charge in [-0.1, -0.05) is 78.9 Å². The number of nitrogens with zero attached hydrogens (tertiary/aromatic N) is 2. The van der Waals surface area contributed by atoms with E-state index in [9.17, 15) is 5.11 Å². The molecule has 0 aliphatic rings. The molecular formula is C32H32N2O2. The first-order valence-electron chi connectivity index (χ1n) is 12.4. The van der Waals surface area contributed by atoms with Crippen LogP contribution in [0.4, 0.5) is 0 Å². The second-order valence-corrected chi connectivity index (χ2v) is 9.53. The van der Waals surface area contributed by atoms with E-state index in [1.54, 1.807) is 7.11 Å². The predicted octanol–water partition coefficient (Wildman–Crippen LogP) is 6.51. The van der Waals surface area contributed by atoms with Crippen LogP contribution in [0, 0.1) is 0 Å². The molecule has 2 atom stereocenters. The minimum atomic E-state index is -0.586. The van der Waals surface area contributed by atoms with Gasteiger partial charge in [0, 0.05) is 17.8 Å². The highest BCUT2D eigenvalue weighted by atomic mass is 16.5. The molecule has 36 heavy (non-hydrogen) atoms. The van der Waals surface area contributed by atoms with Crippen LogP contribution in [0.25, 0.3) is 32.9 Å². The summed E-state index contributed by atoms with van der Waals surface area (Å²) in [5.41, 5.74) is 4.79. The monoisotopic (exact) mass is 476 g/mol. The molecular weight excluding hydrogens is 444 g/mol. The van der Waals surface area contributed by atoms with Gasteiger partial charge in [-0.3, -0.25) is 0 Å². The van der Waals surface area contributed by atoms with Gasteiger partial charge in [0.2, 0.25) is 0 Å². The van der Waals surface area contributed by atoms with Gasteiger partial charge in [-0.05, 0) is 60.6 Å². The molecule has 0 bridgehead atoms. The van der Waals surface area contributed by atoms with Crippen LogP contribution in [-0.4, -0.2) is 48.8 Å². The Labute approximate surface area is 212 Å². The zero-order chi connectivity index (χ0) is 25.1. The van der Waals surface area contributed by atoms with Crippen molar-refractivity contribution in [2.75, 3.05) is 27.7 Å². The highest BCUT2D eigenvalue weighted by Gasteiger charge is 2.29. The number of pyridine rings is 1.